The molecule has 0 atom stereocenters. The van der Waals surface area contributed by atoms with Crippen LogP contribution < -0.4 is 0 Å². The fourth-order valence-electron chi connectivity index (χ4n) is 1.48. The van der Waals surface area contributed by atoms with Gasteiger partial charge in [0.1, 0.15) is 5.75 Å². The third-order valence-corrected chi connectivity index (χ3v) is 2.68. The van der Waals surface area contributed by atoms with Crippen molar-refractivity contribution in [1.82, 2.24) is 0 Å². The van der Waals surface area contributed by atoms with Gasteiger partial charge in [-0.15, -0.1) is 0 Å². The van der Waals surface area contributed by atoms with E-state index >= 15 is 0 Å². The molecule has 0 spiro atoms. The van der Waals surface area contributed by atoms with Crippen molar-refractivity contribution in [3.63, 3.8) is 0 Å². The molecule has 0 saturated carbocycles. The predicted octanol–water partition coefficient (Wildman–Crippen LogP) is 4.10. The molecule has 17 heavy (non-hydrogen) atoms. The molecule has 0 bridgehead atoms. The number of rotatable bonds is 2. The maximum absolute atomic E-state index is 9.63. The minimum Gasteiger partial charge on any atom is -0.507 e. The number of phenolic OH excluding ortho intramolecular Hbond substituents is 1. The zero-order valence-corrected chi connectivity index (χ0v) is 10.1. The Morgan fingerprint density at radius 1 is 1.18 bits per heavy atom. The van der Waals surface area contributed by atoms with Gasteiger partial charge in [0.25, 0.3) is 0 Å². The lowest BCUT2D eigenvalue weighted by Gasteiger charge is -2.00. The van der Waals surface area contributed by atoms with Gasteiger partial charge in [-0.3, -0.25) is 4.99 Å². The van der Waals surface area contributed by atoms with Gasteiger partial charge in [-0.05, 0) is 36.8 Å². The van der Waals surface area contributed by atoms with Gasteiger partial charge in [0, 0.05) is 16.8 Å². The zero-order chi connectivity index (χ0) is 12.3. The van der Waals surface area contributed by atoms with Crippen LogP contribution in [-0.2, 0) is 0 Å². The summed E-state index contributed by atoms with van der Waals surface area (Å²) in [5.74, 6) is 0.173. The highest BCUT2D eigenvalue weighted by Crippen LogP contribution is 2.22. The van der Waals surface area contributed by atoms with Crippen LogP contribution in [0, 0.1) is 6.92 Å². The van der Waals surface area contributed by atoms with Crippen LogP contribution in [0.25, 0.3) is 0 Å². The quantitative estimate of drug-likeness (QED) is 0.794. The molecular weight excluding hydrogens is 234 g/mol. The topological polar surface area (TPSA) is 32.6 Å². The summed E-state index contributed by atoms with van der Waals surface area (Å²) < 4.78 is 0. The molecule has 0 aliphatic carbocycles. The van der Waals surface area contributed by atoms with Crippen molar-refractivity contribution in [2.45, 2.75) is 6.92 Å². The molecule has 2 nitrogen and oxygen atoms in total. The van der Waals surface area contributed by atoms with Crippen LogP contribution in [0.15, 0.2) is 47.5 Å². The number of aromatic hydroxyl groups is 1. The molecule has 2 aromatic carbocycles. The van der Waals surface area contributed by atoms with Crippen molar-refractivity contribution in [3.05, 3.63) is 58.6 Å². The summed E-state index contributed by atoms with van der Waals surface area (Å²) in [7, 11) is 0. The van der Waals surface area contributed by atoms with Crippen LogP contribution >= 0.6 is 11.6 Å². The SMILES string of the molecule is Cc1ccccc1N=Cc1cc(Cl)ccc1O. The van der Waals surface area contributed by atoms with E-state index in [4.69, 9.17) is 11.6 Å². The summed E-state index contributed by atoms with van der Waals surface area (Å²) in [6.45, 7) is 1.99. The molecule has 0 heterocycles. The lowest BCUT2D eigenvalue weighted by Crippen LogP contribution is -1.82. The summed E-state index contributed by atoms with van der Waals surface area (Å²) >= 11 is 5.86. The average molecular weight is 246 g/mol. The van der Waals surface area contributed by atoms with E-state index in [9.17, 15) is 5.11 Å². The first-order valence-electron chi connectivity index (χ1n) is 5.25. The molecule has 0 aromatic heterocycles. The first-order valence-corrected chi connectivity index (χ1v) is 5.63. The fourth-order valence-corrected chi connectivity index (χ4v) is 1.66. The van der Waals surface area contributed by atoms with E-state index < -0.39 is 0 Å². The monoisotopic (exact) mass is 245 g/mol. The second-order valence-corrected chi connectivity index (χ2v) is 4.18. The van der Waals surface area contributed by atoms with Crippen LogP contribution in [-0.4, -0.2) is 11.3 Å². The summed E-state index contributed by atoms with van der Waals surface area (Å²) in [5, 5.41) is 10.2. The highest BCUT2D eigenvalue weighted by atomic mass is 35.5. The minimum absolute atomic E-state index is 0.173. The van der Waals surface area contributed by atoms with Gasteiger partial charge >= 0.3 is 0 Å². The molecule has 86 valence electrons. The minimum atomic E-state index is 0.173. The number of hydrogen-bond donors (Lipinski definition) is 1. The summed E-state index contributed by atoms with van der Waals surface area (Å²) in [6, 6.07) is 12.7. The van der Waals surface area contributed by atoms with E-state index in [1.54, 1.807) is 24.4 Å². The molecule has 1 N–H and O–H groups in total. The molecule has 0 aliphatic heterocycles. The van der Waals surface area contributed by atoms with Gasteiger partial charge in [-0.2, -0.15) is 0 Å². The third-order valence-electron chi connectivity index (χ3n) is 2.45. The van der Waals surface area contributed by atoms with Gasteiger partial charge in [0.15, 0.2) is 0 Å². The number of phenols is 1. The maximum Gasteiger partial charge on any atom is 0.124 e. The van der Waals surface area contributed by atoms with Gasteiger partial charge in [-0.1, -0.05) is 29.8 Å². The molecule has 2 aromatic rings. The maximum atomic E-state index is 9.63. The number of aliphatic imine (C=N–C) groups is 1. The van der Waals surface area contributed by atoms with E-state index in [-0.39, 0.29) is 5.75 Å². The molecule has 0 radical (unpaired) electrons. The lowest BCUT2D eigenvalue weighted by molar-refractivity contribution is 0.474. The summed E-state index contributed by atoms with van der Waals surface area (Å²) in [5.41, 5.74) is 2.58. The number of para-hydroxylation sites is 1. The Hall–Kier alpha value is -1.80. The number of nitrogens with zero attached hydrogens (tertiary/aromatic N) is 1. The van der Waals surface area contributed by atoms with Gasteiger partial charge in [0.2, 0.25) is 0 Å². The van der Waals surface area contributed by atoms with Crippen LogP contribution in [0.3, 0.4) is 0 Å². The molecule has 0 amide bonds. The fraction of sp³-hybridized carbons (Fsp3) is 0.0714. The lowest BCUT2D eigenvalue weighted by atomic mass is 10.2. The van der Waals surface area contributed by atoms with E-state index in [0.29, 0.717) is 10.6 Å². The van der Waals surface area contributed by atoms with Crippen molar-refractivity contribution in [2.75, 3.05) is 0 Å². The van der Waals surface area contributed by atoms with Crippen molar-refractivity contribution >= 4 is 23.5 Å². The molecule has 0 fully saturated rings. The molecule has 0 unspecified atom stereocenters. The smallest absolute Gasteiger partial charge is 0.124 e. The number of benzene rings is 2. The first kappa shape index (κ1) is 11.7. The van der Waals surface area contributed by atoms with E-state index in [2.05, 4.69) is 4.99 Å². The second-order valence-electron chi connectivity index (χ2n) is 3.75. The van der Waals surface area contributed by atoms with E-state index in [1.165, 1.54) is 0 Å². The number of hydrogen-bond acceptors (Lipinski definition) is 2. The van der Waals surface area contributed by atoms with Crippen LogP contribution in [0.4, 0.5) is 5.69 Å². The average Bonchev–Trinajstić information content (AvgIpc) is 2.32. The molecule has 3 heteroatoms. The Bertz CT molecular complexity index is 564. The standard InChI is InChI=1S/C14H12ClNO/c1-10-4-2-3-5-13(10)16-9-11-8-12(15)6-7-14(11)17/h2-9,17H,1H3. The van der Waals surface area contributed by atoms with Crippen molar-refractivity contribution < 1.29 is 5.11 Å². The van der Waals surface area contributed by atoms with Crippen molar-refractivity contribution in [3.8, 4) is 5.75 Å². The van der Waals surface area contributed by atoms with Crippen LogP contribution in [0.1, 0.15) is 11.1 Å². The van der Waals surface area contributed by atoms with Crippen molar-refractivity contribution in [1.29, 1.82) is 0 Å². The van der Waals surface area contributed by atoms with Crippen LogP contribution in [0.2, 0.25) is 5.02 Å². The molecule has 0 saturated heterocycles. The second kappa shape index (κ2) is 5.02. The van der Waals surface area contributed by atoms with Crippen molar-refractivity contribution in [2.24, 2.45) is 4.99 Å². The predicted molar refractivity (Wildman–Crippen MR) is 71.5 cm³/mol. The molecule has 0 aliphatic rings. The number of aryl methyl sites for hydroxylation is 1. The Kier molecular flexibility index (Phi) is 3.45. The largest absolute Gasteiger partial charge is 0.507 e. The normalized spacial score (nSPS) is 10.9. The van der Waals surface area contributed by atoms with Gasteiger partial charge < -0.3 is 5.11 Å². The number of halogens is 1. The Morgan fingerprint density at radius 3 is 2.71 bits per heavy atom. The highest BCUT2D eigenvalue weighted by molar-refractivity contribution is 6.30. The van der Waals surface area contributed by atoms with E-state index in [1.807, 2.05) is 31.2 Å². The highest BCUT2D eigenvalue weighted by Gasteiger charge is 1.99. The molecule has 2 rings (SSSR count). The van der Waals surface area contributed by atoms with E-state index in [0.717, 1.165) is 11.3 Å². The summed E-state index contributed by atoms with van der Waals surface area (Å²) in [4.78, 5) is 4.33. The Balaban J connectivity index is 2.32. The van der Waals surface area contributed by atoms with Gasteiger partial charge in [0.05, 0.1) is 5.69 Å². The summed E-state index contributed by atoms with van der Waals surface area (Å²) in [6.07, 6.45) is 1.61. The third kappa shape index (κ3) is 2.86. The van der Waals surface area contributed by atoms with Crippen LogP contribution in [0.5, 0.6) is 5.75 Å². The Labute approximate surface area is 105 Å². The first-order chi connectivity index (χ1) is 8.16. The molecular formula is C14H12ClNO. The Morgan fingerprint density at radius 2 is 1.94 bits per heavy atom. The zero-order valence-electron chi connectivity index (χ0n) is 9.39. The van der Waals surface area contributed by atoms with Gasteiger partial charge in [-0.25, -0.2) is 0 Å².